The molecule has 0 aliphatic heterocycles. The van der Waals surface area contributed by atoms with E-state index in [-0.39, 0.29) is 5.11 Å². The predicted octanol–water partition coefficient (Wildman–Crippen LogP) is 0.441. The van der Waals surface area contributed by atoms with Gasteiger partial charge in [0.15, 0.2) is 5.11 Å². The van der Waals surface area contributed by atoms with Gasteiger partial charge in [-0.3, -0.25) is 0 Å². The van der Waals surface area contributed by atoms with Crippen LogP contribution in [-0.4, -0.2) is 15.1 Å². The molecule has 0 amide bonds. The zero-order valence-corrected chi connectivity index (χ0v) is 6.85. The summed E-state index contributed by atoms with van der Waals surface area (Å²) in [4.78, 5) is 7.94. The van der Waals surface area contributed by atoms with Crippen molar-refractivity contribution in [3.63, 3.8) is 0 Å². The molecule has 11 heavy (non-hydrogen) atoms. The first-order chi connectivity index (χ1) is 5.18. The van der Waals surface area contributed by atoms with Gasteiger partial charge >= 0.3 is 0 Å². The molecule has 0 aliphatic rings. The third-order valence-corrected chi connectivity index (χ3v) is 1.13. The summed E-state index contributed by atoms with van der Waals surface area (Å²) in [5.74, 6) is 1.32. The second-order valence-corrected chi connectivity index (χ2v) is 2.42. The first-order valence-electron chi connectivity index (χ1n) is 3.04. The maximum Gasteiger partial charge on any atom is 0.169 e. The van der Waals surface area contributed by atoms with Crippen molar-refractivity contribution in [2.75, 3.05) is 5.32 Å². The van der Waals surface area contributed by atoms with E-state index in [0.29, 0.717) is 11.6 Å². The number of anilines is 1. The quantitative estimate of drug-likeness (QED) is 0.596. The summed E-state index contributed by atoms with van der Waals surface area (Å²) in [6, 6.07) is 1.70. The van der Waals surface area contributed by atoms with Crippen LogP contribution >= 0.6 is 12.2 Å². The number of thiocarbonyl (C=S) groups is 1. The highest BCUT2D eigenvalue weighted by Gasteiger charge is 1.93. The smallest absolute Gasteiger partial charge is 0.169 e. The maximum absolute atomic E-state index is 5.23. The fraction of sp³-hybridized carbons (Fsp3) is 0.167. The highest BCUT2D eigenvalue weighted by molar-refractivity contribution is 7.80. The zero-order valence-electron chi connectivity index (χ0n) is 6.03. The second-order valence-electron chi connectivity index (χ2n) is 1.98. The summed E-state index contributed by atoms with van der Waals surface area (Å²) in [7, 11) is 0. The van der Waals surface area contributed by atoms with Gasteiger partial charge in [0.2, 0.25) is 0 Å². The van der Waals surface area contributed by atoms with Gasteiger partial charge in [0.25, 0.3) is 0 Å². The molecule has 1 aromatic heterocycles. The van der Waals surface area contributed by atoms with Crippen molar-refractivity contribution >= 4 is 23.1 Å². The van der Waals surface area contributed by atoms with Gasteiger partial charge in [-0.2, -0.15) is 0 Å². The third kappa shape index (κ3) is 2.46. The molecule has 1 aromatic rings. The number of nitrogens with one attached hydrogen (secondary N) is 1. The fourth-order valence-electron chi connectivity index (χ4n) is 0.652. The van der Waals surface area contributed by atoms with E-state index in [9.17, 15) is 0 Å². The Kier molecular flexibility index (Phi) is 2.32. The minimum atomic E-state index is 0.211. The highest BCUT2D eigenvalue weighted by atomic mass is 32.1. The third-order valence-electron chi connectivity index (χ3n) is 1.03. The summed E-state index contributed by atoms with van der Waals surface area (Å²) in [6.45, 7) is 1.80. The lowest BCUT2D eigenvalue weighted by molar-refractivity contribution is 1.06. The van der Waals surface area contributed by atoms with Gasteiger partial charge in [-0.1, -0.05) is 0 Å². The van der Waals surface area contributed by atoms with Crippen molar-refractivity contribution in [2.24, 2.45) is 5.73 Å². The number of nitrogens with two attached hydrogens (primary N) is 1. The molecule has 1 rings (SSSR count). The van der Waals surface area contributed by atoms with Crippen LogP contribution in [0.5, 0.6) is 0 Å². The lowest BCUT2D eigenvalue weighted by Crippen LogP contribution is -2.19. The van der Waals surface area contributed by atoms with E-state index >= 15 is 0 Å². The highest BCUT2D eigenvalue weighted by Crippen LogP contribution is 1.99. The Bertz CT molecular complexity index is 273. The number of hydrogen-bond acceptors (Lipinski definition) is 3. The molecule has 4 nitrogen and oxygen atoms in total. The fourth-order valence-corrected chi connectivity index (χ4v) is 0.757. The monoisotopic (exact) mass is 168 g/mol. The van der Waals surface area contributed by atoms with Crippen LogP contribution in [0.4, 0.5) is 5.82 Å². The van der Waals surface area contributed by atoms with Crippen molar-refractivity contribution in [1.82, 2.24) is 9.97 Å². The Morgan fingerprint density at radius 1 is 1.73 bits per heavy atom. The summed E-state index contributed by atoms with van der Waals surface area (Å²) in [5, 5.41) is 2.91. The average molecular weight is 168 g/mol. The first kappa shape index (κ1) is 7.87. The van der Waals surface area contributed by atoms with Crippen molar-refractivity contribution < 1.29 is 0 Å². The van der Waals surface area contributed by atoms with E-state index in [0.717, 1.165) is 0 Å². The summed E-state index contributed by atoms with van der Waals surface area (Å²) >= 11 is 4.63. The van der Waals surface area contributed by atoms with Gasteiger partial charge in [0, 0.05) is 6.20 Å². The normalized spacial score (nSPS) is 9.18. The van der Waals surface area contributed by atoms with E-state index in [4.69, 9.17) is 5.73 Å². The van der Waals surface area contributed by atoms with Gasteiger partial charge in [-0.25, -0.2) is 9.97 Å². The summed E-state index contributed by atoms with van der Waals surface area (Å²) in [6.07, 6.45) is 1.64. The predicted molar refractivity (Wildman–Crippen MR) is 47.2 cm³/mol. The van der Waals surface area contributed by atoms with E-state index in [1.54, 1.807) is 19.2 Å². The van der Waals surface area contributed by atoms with Crippen LogP contribution in [-0.2, 0) is 0 Å². The second kappa shape index (κ2) is 3.25. The Hall–Kier alpha value is -1.23. The van der Waals surface area contributed by atoms with Crippen LogP contribution in [0.1, 0.15) is 5.82 Å². The number of nitrogens with zero attached hydrogens (tertiary/aromatic N) is 2. The Morgan fingerprint density at radius 3 is 3.00 bits per heavy atom. The average Bonchev–Trinajstić information content (AvgIpc) is 1.85. The first-order valence-corrected chi connectivity index (χ1v) is 3.45. The van der Waals surface area contributed by atoms with Crippen molar-refractivity contribution in [3.05, 3.63) is 18.1 Å². The molecule has 0 radical (unpaired) electrons. The molecule has 58 valence electrons. The van der Waals surface area contributed by atoms with Gasteiger partial charge in [0.05, 0.1) is 0 Å². The van der Waals surface area contributed by atoms with Gasteiger partial charge in [-0.15, -0.1) is 0 Å². The molecular formula is C6H8N4S. The molecular weight excluding hydrogens is 160 g/mol. The maximum atomic E-state index is 5.23. The molecule has 0 bridgehead atoms. The molecule has 0 spiro atoms. The lowest BCUT2D eigenvalue weighted by Gasteiger charge is -2.01. The van der Waals surface area contributed by atoms with E-state index < -0.39 is 0 Å². The summed E-state index contributed by atoms with van der Waals surface area (Å²) in [5.41, 5.74) is 5.23. The number of aromatic nitrogens is 2. The lowest BCUT2D eigenvalue weighted by atomic mass is 10.5. The largest absolute Gasteiger partial charge is 0.376 e. The van der Waals surface area contributed by atoms with Crippen LogP contribution in [0, 0.1) is 6.92 Å². The molecule has 0 saturated heterocycles. The molecule has 0 atom stereocenters. The van der Waals surface area contributed by atoms with Gasteiger partial charge < -0.3 is 11.1 Å². The molecule has 0 aromatic carbocycles. The van der Waals surface area contributed by atoms with Gasteiger partial charge in [0.1, 0.15) is 11.6 Å². The van der Waals surface area contributed by atoms with Crippen LogP contribution in [0.3, 0.4) is 0 Å². The molecule has 0 saturated carbocycles. The van der Waals surface area contributed by atoms with Crippen LogP contribution in [0.25, 0.3) is 0 Å². The van der Waals surface area contributed by atoms with Crippen LogP contribution in [0.15, 0.2) is 12.3 Å². The molecule has 0 unspecified atom stereocenters. The standard InChI is InChI=1S/C6H8N4S/c1-4-8-3-2-5(9-4)10-6(7)11/h2-3H,1H3,(H3,7,8,9,10,11). The minimum Gasteiger partial charge on any atom is -0.376 e. The molecule has 5 heteroatoms. The van der Waals surface area contributed by atoms with Crippen LogP contribution < -0.4 is 11.1 Å². The van der Waals surface area contributed by atoms with Crippen molar-refractivity contribution in [3.8, 4) is 0 Å². The Balaban J connectivity index is 2.79. The molecule has 0 aliphatic carbocycles. The molecule has 3 N–H and O–H groups in total. The van der Waals surface area contributed by atoms with E-state index in [2.05, 4.69) is 27.5 Å². The van der Waals surface area contributed by atoms with Crippen molar-refractivity contribution in [2.45, 2.75) is 6.92 Å². The Labute approximate surface area is 69.8 Å². The topological polar surface area (TPSA) is 63.8 Å². The van der Waals surface area contributed by atoms with Gasteiger partial charge in [-0.05, 0) is 25.2 Å². The SMILES string of the molecule is Cc1nccc(NC(N)=S)n1. The number of hydrogen-bond donors (Lipinski definition) is 2. The molecule has 1 heterocycles. The van der Waals surface area contributed by atoms with Crippen molar-refractivity contribution in [1.29, 1.82) is 0 Å². The Morgan fingerprint density at radius 2 is 2.45 bits per heavy atom. The summed E-state index contributed by atoms with van der Waals surface area (Å²) < 4.78 is 0. The number of aryl methyl sites for hydroxylation is 1. The molecule has 0 fully saturated rings. The van der Waals surface area contributed by atoms with E-state index in [1.807, 2.05) is 0 Å². The zero-order chi connectivity index (χ0) is 8.27. The number of rotatable bonds is 1. The minimum absolute atomic E-state index is 0.211. The van der Waals surface area contributed by atoms with Crippen LogP contribution in [0.2, 0.25) is 0 Å². The van der Waals surface area contributed by atoms with E-state index in [1.165, 1.54) is 0 Å².